The number of rotatable bonds is 3. The highest BCUT2D eigenvalue weighted by atomic mass is 16.5. The van der Waals surface area contributed by atoms with Gasteiger partial charge in [0.2, 0.25) is 0 Å². The summed E-state index contributed by atoms with van der Waals surface area (Å²) >= 11 is 0. The quantitative estimate of drug-likeness (QED) is 0.798. The molecule has 1 spiro atoms. The number of hydrogen-bond acceptors (Lipinski definition) is 2. The fourth-order valence-corrected chi connectivity index (χ4v) is 4.89. The van der Waals surface area contributed by atoms with Gasteiger partial charge < -0.3 is 9.64 Å². The normalized spacial score (nSPS) is 25.6. The van der Waals surface area contributed by atoms with Crippen molar-refractivity contribution in [3.05, 3.63) is 60.2 Å². The Hall–Kier alpha value is -2.13. The van der Waals surface area contributed by atoms with Crippen molar-refractivity contribution in [2.24, 2.45) is 5.41 Å². The smallest absolute Gasteiger partial charge is 0.253 e. The Labute approximate surface area is 156 Å². The van der Waals surface area contributed by atoms with E-state index >= 15 is 0 Å². The van der Waals surface area contributed by atoms with Gasteiger partial charge in [-0.1, -0.05) is 48.9 Å². The van der Waals surface area contributed by atoms with Crippen LogP contribution in [0.25, 0.3) is 11.1 Å². The van der Waals surface area contributed by atoms with Crippen LogP contribution in [0.5, 0.6) is 0 Å². The van der Waals surface area contributed by atoms with Crippen LogP contribution in [0.4, 0.5) is 0 Å². The molecule has 1 saturated heterocycles. The van der Waals surface area contributed by atoms with Crippen LogP contribution < -0.4 is 0 Å². The highest BCUT2D eigenvalue weighted by molar-refractivity contribution is 5.94. The van der Waals surface area contributed by atoms with Crippen molar-refractivity contribution < 1.29 is 9.53 Å². The molecule has 26 heavy (non-hydrogen) atoms. The number of hydrogen-bond donors (Lipinski definition) is 0. The monoisotopic (exact) mass is 349 g/mol. The van der Waals surface area contributed by atoms with Crippen LogP contribution in [0.15, 0.2) is 54.6 Å². The molecule has 3 heteroatoms. The lowest BCUT2D eigenvalue weighted by molar-refractivity contribution is -0.0295. The van der Waals surface area contributed by atoms with Gasteiger partial charge in [-0.25, -0.2) is 0 Å². The molecule has 0 radical (unpaired) electrons. The van der Waals surface area contributed by atoms with Gasteiger partial charge in [0, 0.05) is 31.2 Å². The van der Waals surface area contributed by atoms with Gasteiger partial charge >= 0.3 is 0 Å². The van der Waals surface area contributed by atoms with E-state index < -0.39 is 0 Å². The molecule has 136 valence electrons. The molecule has 0 N–H and O–H groups in total. The zero-order valence-corrected chi connectivity index (χ0v) is 15.5. The zero-order chi connectivity index (χ0) is 18.0. The van der Waals surface area contributed by atoms with E-state index in [2.05, 4.69) is 29.2 Å². The summed E-state index contributed by atoms with van der Waals surface area (Å²) < 4.78 is 5.76. The third kappa shape index (κ3) is 3.16. The molecule has 1 aliphatic heterocycles. The molecule has 2 aliphatic rings. The van der Waals surface area contributed by atoms with E-state index in [1.54, 1.807) is 0 Å². The van der Waals surface area contributed by atoms with Gasteiger partial charge in [0.25, 0.3) is 5.91 Å². The Morgan fingerprint density at radius 2 is 1.69 bits per heavy atom. The number of benzene rings is 2. The summed E-state index contributed by atoms with van der Waals surface area (Å²) in [6, 6.07) is 18.3. The fourth-order valence-electron chi connectivity index (χ4n) is 4.89. The van der Waals surface area contributed by atoms with E-state index in [1.807, 2.05) is 37.4 Å². The number of carbonyl (C=O) groups excluding carboxylic acids is 1. The molecule has 1 heterocycles. The van der Waals surface area contributed by atoms with Gasteiger partial charge in [-0.3, -0.25) is 4.79 Å². The number of methoxy groups -OCH3 is 1. The van der Waals surface area contributed by atoms with E-state index in [0.717, 1.165) is 37.1 Å². The van der Waals surface area contributed by atoms with E-state index in [1.165, 1.54) is 24.8 Å². The van der Waals surface area contributed by atoms with Gasteiger partial charge in [-0.05, 0) is 48.9 Å². The summed E-state index contributed by atoms with van der Waals surface area (Å²) in [6.07, 6.45) is 6.09. The number of likely N-dealkylation sites (tertiary alicyclic amines) is 1. The lowest BCUT2D eigenvalue weighted by Gasteiger charge is -2.43. The largest absolute Gasteiger partial charge is 0.381 e. The molecule has 0 aromatic heterocycles. The molecule has 0 unspecified atom stereocenters. The topological polar surface area (TPSA) is 29.5 Å². The van der Waals surface area contributed by atoms with Crippen molar-refractivity contribution >= 4 is 5.91 Å². The summed E-state index contributed by atoms with van der Waals surface area (Å²) in [6.45, 7) is 1.70. The first-order chi connectivity index (χ1) is 12.7. The van der Waals surface area contributed by atoms with Crippen LogP contribution in [0.1, 0.15) is 42.5 Å². The van der Waals surface area contributed by atoms with Crippen LogP contribution >= 0.6 is 0 Å². The Kier molecular flexibility index (Phi) is 4.82. The molecule has 3 nitrogen and oxygen atoms in total. The predicted octanol–water partition coefficient (Wildman–Crippen LogP) is 4.77. The van der Waals surface area contributed by atoms with Crippen molar-refractivity contribution in [2.45, 2.75) is 38.2 Å². The van der Waals surface area contributed by atoms with E-state index in [9.17, 15) is 4.79 Å². The molecule has 4 rings (SSSR count). The van der Waals surface area contributed by atoms with Crippen molar-refractivity contribution in [2.75, 3.05) is 20.2 Å². The molecular formula is C23H27NO2. The fraction of sp³-hybridized carbons (Fsp3) is 0.435. The highest BCUT2D eigenvalue weighted by Gasteiger charge is 2.46. The third-order valence-electron chi connectivity index (χ3n) is 6.24. The standard InChI is InChI=1S/C23H27NO2/c1-26-21-9-5-14-23(21)15-6-16-24(17-23)22(25)20-12-10-19(11-13-20)18-7-3-2-4-8-18/h2-4,7-8,10-13,21H,5-6,9,14-17H2,1H3/t21-,23-/m1/s1. The maximum absolute atomic E-state index is 13.1. The average molecular weight is 349 g/mol. The van der Waals surface area contributed by atoms with E-state index in [-0.39, 0.29) is 11.3 Å². The second kappa shape index (κ2) is 7.24. The minimum absolute atomic E-state index is 0.158. The maximum atomic E-state index is 13.1. The summed E-state index contributed by atoms with van der Waals surface area (Å²) in [4.78, 5) is 15.1. The van der Waals surface area contributed by atoms with Crippen molar-refractivity contribution in [3.63, 3.8) is 0 Å². The Morgan fingerprint density at radius 1 is 1.00 bits per heavy atom. The molecular weight excluding hydrogens is 322 g/mol. The lowest BCUT2D eigenvalue weighted by Crippen LogP contribution is -2.49. The molecule has 2 aromatic rings. The second-order valence-corrected chi connectivity index (χ2v) is 7.75. The van der Waals surface area contributed by atoms with E-state index in [0.29, 0.717) is 6.10 Å². The predicted molar refractivity (Wildman–Crippen MR) is 104 cm³/mol. The minimum atomic E-state index is 0.158. The Balaban J connectivity index is 1.50. The van der Waals surface area contributed by atoms with Gasteiger partial charge in [-0.2, -0.15) is 0 Å². The summed E-state index contributed by atoms with van der Waals surface area (Å²) in [7, 11) is 1.82. The van der Waals surface area contributed by atoms with E-state index in [4.69, 9.17) is 4.74 Å². The lowest BCUT2D eigenvalue weighted by atomic mass is 9.76. The molecule has 2 aromatic carbocycles. The molecule has 1 amide bonds. The number of nitrogens with zero attached hydrogens (tertiary/aromatic N) is 1. The third-order valence-corrected chi connectivity index (χ3v) is 6.24. The Bertz CT molecular complexity index is 756. The summed E-state index contributed by atoms with van der Waals surface area (Å²) in [5.74, 6) is 0.158. The van der Waals surface area contributed by atoms with Crippen molar-refractivity contribution in [3.8, 4) is 11.1 Å². The Morgan fingerprint density at radius 3 is 2.42 bits per heavy atom. The minimum Gasteiger partial charge on any atom is -0.381 e. The highest BCUT2D eigenvalue weighted by Crippen LogP contribution is 2.46. The number of ether oxygens (including phenoxy) is 1. The zero-order valence-electron chi connectivity index (χ0n) is 15.5. The number of piperidine rings is 1. The van der Waals surface area contributed by atoms with Gasteiger partial charge in [0.15, 0.2) is 0 Å². The van der Waals surface area contributed by atoms with Crippen molar-refractivity contribution in [1.82, 2.24) is 4.90 Å². The molecule has 1 saturated carbocycles. The summed E-state index contributed by atoms with van der Waals surface area (Å²) in [5, 5.41) is 0. The molecule has 2 atom stereocenters. The number of amides is 1. The van der Waals surface area contributed by atoms with Crippen LogP contribution in [-0.4, -0.2) is 37.1 Å². The second-order valence-electron chi connectivity index (χ2n) is 7.75. The van der Waals surface area contributed by atoms with Crippen LogP contribution in [0, 0.1) is 5.41 Å². The maximum Gasteiger partial charge on any atom is 0.253 e. The van der Waals surface area contributed by atoms with Crippen LogP contribution in [0.2, 0.25) is 0 Å². The first-order valence-corrected chi connectivity index (χ1v) is 9.69. The van der Waals surface area contributed by atoms with Crippen LogP contribution in [0.3, 0.4) is 0 Å². The molecule has 0 bridgehead atoms. The summed E-state index contributed by atoms with van der Waals surface area (Å²) in [5.41, 5.74) is 3.28. The molecule has 2 fully saturated rings. The first-order valence-electron chi connectivity index (χ1n) is 9.69. The van der Waals surface area contributed by atoms with Gasteiger partial charge in [0.05, 0.1) is 6.10 Å². The van der Waals surface area contributed by atoms with Gasteiger partial charge in [-0.15, -0.1) is 0 Å². The number of carbonyl (C=O) groups is 1. The molecule has 1 aliphatic carbocycles. The van der Waals surface area contributed by atoms with Gasteiger partial charge in [0.1, 0.15) is 0 Å². The van der Waals surface area contributed by atoms with Crippen LogP contribution in [-0.2, 0) is 4.74 Å². The first kappa shape index (κ1) is 17.3. The van der Waals surface area contributed by atoms with Crippen molar-refractivity contribution in [1.29, 1.82) is 0 Å². The average Bonchev–Trinajstić information content (AvgIpc) is 3.09. The SMILES string of the molecule is CO[C@@H]1CCC[C@]12CCCN(C(=O)c1ccc(-c3ccccc3)cc1)C2.